The van der Waals surface area contributed by atoms with E-state index in [2.05, 4.69) is 10.3 Å². The first-order valence-corrected chi connectivity index (χ1v) is 5.22. The quantitative estimate of drug-likeness (QED) is 0.794. The Labute approximate surface area is 96.0 Å². The molecule has 0 aliphatic carbocycles. The van der Waals surface area contributed by atoms with Gasteiger partial charge >= 0.3 is 6.09 Å². The third-order valence-electron chi connectivity index (χ3n) is 1.86. The van der Waals surface area contributed by atoms with Gasteiger partial charge < -0.3 is 4.74 Å². The third-order valence-corrected chi connectivity index (χ3v) is 1.86. The molecule has 0 saturated heterocycles. The molecule has 0 bridgehead atoms. The highest BCUT2D eigenvalue weighted by atomic mass is 16.6. The number of rotatable bonds is 1. The minimum absolute atomic E-state index is 0.457. The van der Waals surface area contributed by atoms with Gasteiger partial charge in [-0.3, -0.25) is 10.3 Å². The fourth-order valence-electron chi connectivity index (χ4n) is 1.23. The van der Waals surface area contributed by atoms with E-state index in [-0.39, 0.29) is 0 Å². The monoisotopic (exact) mass is 222 g/mol. The van der Waals surface area contributed by atoms with Crippen LogP contribution in [0.2, 0.25) is 0 Å². The topological polar surface area (TPSA) is 51.2 Å². The molecule has 0 unspecified atom stereocenters. The normalized spacial score (nSPS) is 11.1. The Balaban J connectivity index is 2.70. The number of nitrogens with one attached hydrogen (secondary N) is 1. The lowest BCUT2D eigenvalue weighted by molar-refractivity contribution is 0.0635. The molecular formula is C12H18N2O2. The molecule has 0 aliphatic rings. The number of hydrogen-bond acceptors (Lipinski definition) is 3. The van der Waals surface area contributed by atoms with Gasteiger partial charge in [0.15, 0.2) is 0 Å². The summed E-state index contributed by atoms with van der Waals surface area (Å²) in [5, 5.41) is 2.67. The molecule has 1 amide bonds. The molecule has 0 aromatic carbocycles. The standard InChI is InChI=1S/C12H18N2O2/c1-8-6-7-10(9(2)13-8)14-11(15)16-12(3,4)5/h6-7H,1-5H3,(H,14,15). The van der Waals surface area contributed by atoms with Crippen LogP contribution >= 0.6 is 0 Å². The Morgan fingerprint density at radius 3 is 2.44 bits per heavy atom. The van der Waals surface area contributed by atoms with Crippen molar-refractivity contribution in [1.29, 1.82) is 0 Å². The predicted molar refractivity (Wildman–Crippen MR) is 63.6 cm³/mol. The summed E-state index contributed by atoms with van der Waals surface area (Å²) in [6.07, 6.45) is -0.457. The summed E-state index contributed by atoms with van der Waals surface area (Å²) in [6.45, 7) is 9.23. The van der Waals surface area contributed by atoms with Crippen molar-refractivity contribution in [2.75, 3.05) is 5.32 Å². The van der Waals surface area contributed by atoms with E-state index < -0.39 is 11.7 Å². The molecule has 0 radical (unpaired) electrons. The van der Waals surface area contributed by atoms with Crippen LogP contribution in [0.5, 0.6) is 0 Å². The van der Waals surface area contributed by atoms with Gasteiger partial charge in [0.05, 0.1) is 11.4 Å². The molecule has 0 fully saturated rings. The summed E-state index contributed by atoms with van der Waals surface area (Å²) in [7, 11) is 0. The predicted octanol–water partition coefficient (Wildman–Crippen LogP) is 3.05. The van der Waals surface area contributed by atoms with Gasteiger partial charge in [0, 0.05) is 5.69 Å². The van der Waals surface area contributed by atoms with E-state index in [1.807, 2.05) is 46.8 Å². The van der Waals surface area contributed by atoms with E-state index in [0.717, 1.165) is 11.4 Å². The Morgan fingerprint density at radius 2 is 1.94 bits per heavy atom. The highest BCUT2D eigenvalue weighted by molar-refractivity contribution is 5.85. The molecule has 0 saturated carbocycles. The van der Waals surface area contributed by atoms with Crippen molar-refractivity contribution >= 4 is 11.8 Å². The van der Waals surface area contributed by atoms with Gasteiger partial charge in [0.2, 0.25) is 0 Å². The Morgan fingerprint density at radius 1 is 1.31 bits per heavy atom. The number of carbonyl (C=O) groups excluding carboxylic acids is 1. The lowest BCUT2D eigenvalue weighted by Crippen LogP contribution is -2.27. The zero-order valence-electron chi connectivity index (χ0n) is 10.4. The number of amides is 1. The van der Waals surface area contributed by atoms with Crippen LogP contribution in [0.15, 0.2) is 12.1 Å². The molecule has 4 nitrogen and oxygen atoms in total. The molecule has 1 N–H and O–H groups in total. The number of aromatic nitrogens is 1. The Bertz CT molecular complexity index is 394. The second-order valence-corrected chi connectivity index (χ2v) is 4.71. The molecule has 4 heteroatoms. The fourth-order valence-corrected chi connectivity index (χ4v) is 1.23. The van der Waals surface area contributed by atoms with Crippen molar-refractivity contribution in [3.63, 3.8) is 0 Å². The zero-order valence-corrected chi connectivity index (χ0v) is 10.4. The number of carbonyl (C=O) groups is 1. The lowest BCUT2D eigenvalue weighted by atomic mass is 10.2. The van der Waals surface area contributed by atoms with Gasteiger partial charge in [-0.15, -0.1) is 0 Å². The maximum Gasteiger partial charge on any atom is 0.412 e. The summed E-state index contributed by atoms with van der Waals surface area (Å²) >= 11 is 0. The van der Waals surface area contributed by atoms with Crippen molar-refractivity contribution < 1.29 is 9.53 Å². The van der Waals surface area contributed by atoms with Crippen LogP contribution in [0.25, 0.3) is 0 Å². The first-order valence-electron chi connectivity index (χ1n) is 5.22. The molecule has 1 rings (SSSR count). The zero-order chi connectivity index (χ0) is 12.3. The van der Waals surface area contributed by atoms with Crippen LogP contribution in [-0.4, -0.2) is 16.7 Å². The maximum absolute atomic E-state index is 11.5. The van der Waals surface area contributed by atoms with Gasteiger partial charge in [-0.25, -0.2) is 4.79 Å². The van der Waals surface area contributed by atoms with E-state index in [0.29, 0.717) is 5.69 Å². The molecule has 0 aliphatic heterocycles. The number of nitrogens with zero attached hydrogens (tertiary/aromatic N) is 1. The Kier molecular flexibility index (Phi) is 3.52. The van der Waals surface area contributed by atoms with E-state index in [9.17, 15) is 4.79 Å². The van der Waals surface area contributed by atoms with Crippen LogP contribution < -0.4 is 5.32 Å². The van der Waals surface area contributed by atoms with Gasteiger partial charge in [0.1, 0.15) is 5.60 Å². The SMILES string of the molecule is Cc1ccc(NC(=O)OC(C)(C)C)c(C)n1. The molecule has 16 heavy (non-hydrogen) atoms. The molecule has 88 valence electrons. The molecule has 0 spiro atoms. The van der Waals surface area contributed by atoms with Gasteiger partial charge in [-0.2, -0.15) is 0 Å². The van der Waals surface area contributed by atoms with E-state index >= 15 is 0 Å². The average Bonchev–Trinajstić information content (AvgIpc) is 2.06. The first-order chi connectivity index (χ1) is 7.28. The number of hydrogen-bond donors (Lipinski definition) is 1. The summed E-state index contributed by atoms with van der Waals surface area (Å²) in [5.41, 5.74) is 1.90. The van der Waals surface area contributed by atoms with Crippen molar-refractivity contribution in [1.82, 2.24) is 4.98 Å². The maximum atomic E-state index is 11.5. The smallest absolute Gasteiger partial charge is 0.412 e. The second kappa shape index (κ2) is 4.51. The minimum Gasteiger partial charge on any atom is -0.444 e. The van der Waals surface area contributed by atoms with Crippen LogP contribution in [-0.2, 0) is 4.74 Å². The third kappa shape index (κ3) is 3.88. The summed E-state index contributed by atoms with van der Waals surface area (Å²) < 4.78 is 5.15. The van der Waals surface area contributed by atoms with Crippen molar-refractivity contribution in [2.24, 2.45) is 0 Å². The van der Waals surface area contributed by atoms with Crippen LogP contribution in [0, 0.1) is 13.8 Å². The molecular weight excluding hydrogens is 204 g/mol. The number of anilines is 1. The lowest BCUT2D eigenvalue weighted by Gasteiger charge is -2.20. The molecule has 1 aromatic heterocycles. The van der Waals surface area contributed by atoms with Crippen molar-refractivity contribution in [2.45, 2.75) is 40.2 Å². The van der Waals surface area contributed by atoms with Crippen LogP contribution in [0.3, 0.4) is 0 Å². The second-order valence-electron chi connectivity index (χ2n) is 4.71. The highest BCUT2D eigenvalue weighted by Gasteiger charge is 2.16. The summed E-state index contributed by atoms with van der Waals surface area (Å²) in [5.74, 6) is 0. The largest absolute Gasteiger partial charge is 0.444 e. The molecule has 1 aromatic rings. The fraction of sp³-hybridized carbons (Fsp3) is 0.500. The van der Waals surface area contributed by atoms with Gasteiger partial charge in [-0.1, -0.05) is 0 Å². The van der Waals surface area contributed by atoms with Gasteiger partial charge in [-0.05, 0) is 46.8 Å². The number of pyridine rings is 1. The first kappa shape index (κ1) is 12.5. The van der Waals surface area contributed by atoms with E-state index in [1.54, 1.807) is 0 Å². The molecule has 0 atom stereocenters. The highest BCUT2D eigenvalue weighted by Crippen LogP contribution is 2.14. The van der Waals surface area contributed by atoms with Crippen LogP contribution in [0.4, 0.5) is 10.5 Å². The Hall–Kier alpha value is -1.58. The summed E-state index contributed by atoms with van der Waals surface area (Å²) in [4.78, 5) is 15.8. The number of ether oxygens (including phenoxy) is 1. The average molecular weight is 222 g/mol. The van der Waals surface area contributed by atoms with Crippen molar-refractivity contribution in [3.05, 3.63) is 23.5 Å². The molecule has 1 heterocycles. The van der Waals surface area contributed by atoms with E-state index in [1.165, 1.54) is 0 Å². The van der Waals surface area contributed by atoms with Crippen molar-refractivity contribution in [3.8, 4) is 0 Å². The van der Waals surface area contributed by atoms with E-state index in [4.69, 9.17) is 4.74 Å². The van der Waals surface area contributed by atoms with Crippen LogP contribution in [0.1, 0.15) is 32.2 Å². The van der Waals surface area contributed by atoms with Gasteiger partial charge in [0.25, 0.3) is 0 Å². The number of aryl methyl sites for hydroxylation is 2. The summed E-state index contributed by atoms with van der Waals surface area (Å²) in [6, 6.07) is 3.67. The minimum atomic E-state index is -0.490.